The maximum Gasteiger partial charge on any atom is 0.231 e. The van der Waals surface area contributed by atoms with E-state index in [1.807, 2.05) is 6.07 Å². The van der Waals surface area contributed by atoms with Crippen molar-refractivity contribution >= 4 is 0 Å². The Morgan fingerprint density at radius 3 is 2.52 bits per heavy atom. The number of nitrogens with zero attached hydrogens (tertiary/aromatic N) is 1. The van der Waals surface area contributed by atoms with Crippen LogP contribution in [-0.4, -0.2) is 42.9 Å². The van der Waals surface area contributed by atoms with Crippen molar-refractivity contribution in [3.05, 3.63) is 41.5 Å². The molecule has 4 rings (SSSR count). The Kier molecular flexibility index (Phi) is 3.93. The SMILES string of the molecule is Cc1[nH]cnc1C[NH+]1CC[NH+](Cc2ccc3c(c2)OCO3)CC1. The fourth-order valence-electron chi connectivity index (χ4n) is 3.45. The largest absolute Gasteiger partial charge is 0.454 e. The Morgan fingerprint density at radius 1 is 1.04 bits per heavy atom. The van der Waals surface area contributed by atoms with Crippen molar-refractivity contribution in [1.29, 1.82) is 0 Å². The van der Waals surface area contributed by atoms with Crippen LogP contribution in [0.3, 0.4) is 0 Å². The first-order valence-corrected chi connectivity index (χ1v) is 8.32. The smallest absolute Gasteiger partial charge is 0.231 e. The molecule has 6 heteroatoms. The summed E-state index contributed by atoms with van der Waals surface area (Å²) in [6.45, 7) is 9.35. The number of aromatic amines is 1. The number of benzene rings is 1. The second-order valence-electron chi connectivity index (χ2n) is 6.52. The molecule has 2 aliphatic heterocycles. The molecule has 1 fully saturated rings. The normalized spacial score (nSPS) is 23.2. The highest BCUT2D eigenvalue weighted by molar-refractivity contribution is 5.44. The first-order valence-electron chi connectivity index (χ1n) is 8.32. The van der Waals surface area contributed by atoms with Crippen molar-refractivity contribution in [3.8, 4) is 11.5 Å². The minimum atomic E-state index is 0.348. The second kappa shape index (κ2) is 6.22. The summed E-state index contributed by atoms with van der Waals surface area (Å²) >= 11 is 0. The van der Waals surface area contributed by atoms with Crippen LogP contribution in [0.15, 0.2) is 24.5 Å². The van der Waals surface area contributed by atoms with Gasteiger partial charge in [-0.3, -0.25) is 0 Å². The van der Waals surface area contributed by atoms with Gasteiger partial charge in [-0.05, 0) is 25.1 Å². The number of aromatic nitrogens is 2. The van der Waals surface area contributed by atoms with Crippen LogP contribution >= 0.6 is 0 Å². The lowest BCUT2D eigenvalue weighted by Gasteiger charge is -2.29. The summed E-state index contributed by atoms with van der Waals surface area (Å²) in [6.07, 6.45) is 1.80. The van der Waals surface area contributed by atoms with E-state index in [4.69, 9.17) is 9.47 Å². The van der Waals surface area contributed by atoms with Gasteiger partial charge in [0, 0.05) is 11.3 Å². The highest BCUT2D eigenvalue weighted by Gasteiger charge is 2.24. The number of fused-ring (bicyclic) bond motifs is 1. The van der Waals surface area contributed by atoms with E-state index in [-0.39, 0.29) is 0 Å². The summed E-state index contributed by atoms with van der Waals surface area (Å²) in [4.78, 5) is 10.9. The van der Waals surface area contributed by atoms with E-state index in [0.29, 0.717) is 6.79 Å². The Bertz CT molecular complexity index is 677. The number of rotatable bonds is 4. The molecule has 0 saturated carbocycles. The van der Waals surface area contributed by atoms with Gasteiger partial charge in [0.25, 0.3) is 0 Å². The molecule has 0 spiro atoms. The van der Waals surface area contributed by atoms with E-state index in [1.54, 1.807) is 16.1 Å². The Balaban J connectivity index is 1.30. The second-order valence-corrected chi connectivity index (χ2v) is 6.52. The Morgan fingerprint density at radius 2 is 1.78 bits per heavy atom. The molecule has 6 nitrogen and oxygen atoms in total. The van der Waals surface area contributed by atoms with E-state index in [9.17, 15) is 0 Å². The molecular formula is C17H24N4O2+2. The average molecular weight is 316 g/mol. The molecule has 0 aliphatic carbocycles. The molecular weight excluding hydrogens is 292 g/mol. The molecule has 1 saturated heterocycles. The molecule has 1 aromatic heterocycles. The third-order valence-electron chi connectivity index (χ3n) is 4.91. The van der Waals surface area contributed by atoms with Crippen molar-refractivity contribution in [2.24, 2.45) is 0 Å². The van der Waals surface area contributed by atoms with Crippen LogP contribution in [0.4, 0.5) is 0 Å². The van der Waals surface area contributed by atoms with Crippen LogP contribution < -0.4 is 19.3 Å². The lowest BCUT2D eigenvalue weighted by atomic mass is 10.1. The van der Waals surface area contributed by atoms with Gasteiger partial charge >= 0.3 is 0 Å². The predicted octanol–water partition coefficient (Wildman–Crippen LogP) is -1.07. The molecule has 0 bridgehead atoms. The number of ether oxygens (including phenoxy) is 2. The Hall–Kier alpha value is -2.05. The molecule has 0 amide bonds. The van der Waals surface area contributed by atoms with Crippen LogP contribution in [0, 0.1) is 6.92 Å². The molecule has 3 N–H and O–H groups in total. The van der Waals surface area contributed by atoms with Gasteiger partial charge < -0.3 is 24.3 Å². The predicted molar refractivity (Wildman–Crippen MR) is 84.7 cm³/mol. The van der Waals surface area contributed by atoms with E-state index in [1.165, 1.54) is 43.1 Å². The van der Waals surface area contributed by atoms with E-state index >= 15 is 0 Å². The number of imidazole rings is 1. The fraction of sp³-hybridized carbons (Fsp3) is 0.471. The minimum absolute atomic E-state index is 0.348. The summed E-state index contributed by atoms with van der Waals surface area (Å²) in [5.74, 6) is 1.76. The van der Waals surface area contributed by atoms with E-state index in [0.717, 1.165) is 24.6 Å². The maximum atomic E-state index is 5.47. The molecule has 23 heavy (non-hydrogen) atoms. The topological polar surface area (TPSA) is 56.0 Å². The van der Waals surface area contributed by atoms with E-state index in [2.05, 4.69) is 29.0 Å². The lowest BCUT2D eigenvalue weighted by Crippen LogP contribution is -3.27. The van der Waals surface area contributed by atoms with Crippen LogP contribution in [0.25, 0.3) is 0 Å². The van der Waals surface area contributed by atoms with Gasteiger partial charge in [-0.15, -0.1) is 0 Å². The zero-order valence-corrected chi connectivity index (χ0v) is 13.5. The third kappa shape index (κ3) is 3.18. The number of hydrogen-bond acceptors (Lipinski definition) is 3. The number of aryl methyl sites for hydroxylation is 1. The van der Waals surface area contributed by atoms with Gasteiger partial charge in [0.05, 0.1) is 6.33 Å². The molecule has 0 unspecified atom stereocenters. The number of quaternary nitrogens is 2. The van der Waals surface area contributed by atoms with Gasteiger partial charge in [0.1, 0.15) is 45.0 Å². The van der Waals surface area contributed by atoms with Crippen molar-refractivity contribution in [2.45, 2.75) is 20.0 Å². The first kappa shape index (κ1) is 14.5. The summed E-state index contributed by atoms with van der Waals surface area (Å²) in [5.41, 5.74) is 3.74. The summed E-state index contributed by atoms with van der Waals surface area (Å²) in [6, 6.07) is 6.31. The summed E-state index contributed by atoms with van der Waals surface area (Å²) in [7, 11) is 0. The van der Waals surface area contributed by atoms with Crippen LogP contribution in [0.2, 0.25) is 0 Å². The zero-order valence-electron chi connectivity index (χ0n) is 13.5. The Labute approximate surface area is 136 Å². The number of hydrogen-bond donors (Lipinski definition) is 3. The molecule has 2 aromatic rings. The van der Waals surface area contributed by atoms with Crippen LogP contribution in [0.1, 0.15) is 17.0 Å². The van der Waals surface area contributed by atoms with Gasteiger partial charge in [-0.25, -0.2) is 4.98 Å². The zero-order chi connectivity index (χ0) is 15.6. The molecule has 122 valence electrons. The standard InChI is InChI=1S/C17H22N4O2/c1-13-15(19-11-18-13)10-21-6-4-20(5-7-21)9-14-2-3-16-17(8-14)23-12-22-16/h2-3,8,11H,4-7,9-10,12H2,1H3,(H,18,19)/p+2. The fourth-order valence-corrected chi connectivity index (χ4v) is 3.45. The summed E-state index contributed by atoms with van der Waals surface area (Å²) < 4.78 is 10.8. The number of H-pyrrole nitrogens is 1. The van der Waals surface area contributed by atoms with Crippen molar-refractivity contribution in [1.82, 2.24) is 9.97 Å². The third-order valence-corrected chi connectivity index (χ3v) is 4.91. The molecule has 1 aromatic carbocycles. The molecule has 0 radical (unpaired) electrons. The highest BCUT2D eigenvalue weighted by atomic mass is 16.7. The van der Waals surface area contributed by atoms with Gasteiger partial charge in [0.2, 0.25) is 6.79 Å². The number of nitrogens with one attached hydrogen (secondary N) is 3. The van der Waals surface area contributed by atoms with Crippen molar-refractivity contribution in [3.63, 3.8) is 0 Å². The number of piperazine rings is 1. The monoisotopic (exact) mass is 316 g/mol. The average Bonchev–Trinajstić information content (AvgIpc) is 3.18. The quantitative estimate of drug-likeness (QED) is 0.673. The van der Waals surface area contributed by atoms with Crippen molar-refractivity contribution in [2.75, 3.05) is 33.0 Å². The lowest BCUT2D eigenvalue weighted by molar-refractivity contribution is -1.02. The molecule has 0 atom stereocenters. The molecule has 3 heterocycles. The van der Waals surface area contributed by atoms with Gasteiger partial charge in [0.15, 0.2) is 11.5 Å². The van der Waals surface area contributed by atoms with Crippen LogP contribution in [-0.2, 0) is 13.1 Å². The maximum absolute atomic E-state index is 5.47. The van der Waals surface area contributed by atoms with Crippen molar-refractivity contribution < 1.29 is 19.3 Å². The van der Waals surface area contributed by atoms with E-state index < -0.39 is 0 Å². The summed E-state index contributed by atoms with van der Waals surface area (Å²) in [5, 5.41) is 0. The van der Waals surface area contributed by atoms with Gasteiger partial charge in [-0.1, -0.05) is 0 Å². The van der Waals surface area contributed by atoms with Crippen LogP contribution in [0.5, 0.6) is 11.5 Å². The molecule has 2 aliphatic rings. The minimum Gasteiger partial charge on any atom is -0.454 e. The highest BCUT2D eigenvalue weighted by Crippen LogP contribution is 2.32. The van der Waals surface area contributed by atoms with Gasteiger partial charge in [-0.2, -0.15) is 0 Å². The first-order chi connectivity index (χ1) is 11.3.